The summed E-state index contributed by atoms with van der Waals surface area (Å²) in [6.45, 7) is 0.142. The lowest BCUT2D eigenvalue weighted by Crippen LogP contribution is -2.11. The number of nitrogens with one attached hydrogen (secondary N) is 2. The molecule has 122 valence electrons. The first-order chi connectivity index (χ1) is 11.1. The van der Waals surface area contributed by atoms with Gasteiger partial charge in [-0.05, 0) is 25.0 Å². The van der Waals surface area contributed by atoms with Crippen LogP contribution in [0.1, 0.15) is 24.5 Å². The van der Waals surface area contributed by atoms with Crippen LogP contribution in [0.15, 0.2) is 18.2 Å². The van der Waals surface area contributed by atoms with E-state index in [1.165, 1.54) is 0 Å². The molecule has 2 aromatic rings. The van der Waals surface area contributed by atoms with E-state index in [9.17, 15) is 13.2 Å². The Morgan fingerprint density at radius 2 is 1.87 bits per heavy atom. The van der Waals surface area contributed by atoms with Crippen LogP contribution in [0.2, 0.25) is 0 Å². The number of hydrogen-bond acceptors (Lipinski definition) is 5. The molecule has 0 spiro atoms. The van der Waals surface area contributed by atoms with Gasteiger partial charge in [0.15, 0.2) is 11.6 Å². The Morgan fingerprint density at radius 1 is 1.13 bits per heavy atom. The molecule has 1 aliphatic rings. The van der Waals surface area contributed by atoms with Gasteiger partial charge in [-0.15, -0.1) is 0 Å². The van der Waals surface area contributed by atoms with Crippen molar-refractivity contribution < 1.29 is 18.3 Å². The average molecular weight is 324 g/mol. The van der Waals surface area contributed by atoms with Crippen molar-refractivity contribution in [1.29, 1.82) is 0 Å². The monoisotopic (exact) mass is 324 g/mol. The molecule has 3 N–H and O–H groups in total. The number of nitrogens with zero attached hydrogens (tertiary/aromatic N) is 2. The second-order valence-electron chi connectivity index (χ2n) is 5.27. The lowest BCUT2D eigenvalue weighted by atomic mass is 10.2. The van der Waals surface area contributed by atoms with Gasteiger partial charge < -0.3 is 15.7 Å². The number of halogens is 3. The Balaban J connectivity index is 1.92. The number of aliphatic hydroxyl groups is 1. The van der Waals surface area contributed by atoms with Crippen LogP contribution in [-0.2, 0) is 0 Å². The molecular formula is C15H15F3N4O. The highest BCUT2D eigenvalue weighted by atomic mass is 19.2. The summed E-state index contributed by atoms with van der Waals surface area (Å²) in [5, 5.41) is 14.1. The van der Waals surface area contributed by atoms with Crippen molar-refractivity contribution in [3.63, 3.8) is 0 Å². The van der Waals surface area contributed by atoms with Crippen molar-refractivity contribution in [1.82, 2.24) is 9.97 Å². The number of aliphatic hydroxyl groups excluding tert-OH is 1. The van der Waals surface area contributed by atoms with E-state index in [1.54, 1.807) is 6.07 Å². The first-order valence-corrected chi connectivity index (χ1v) is 7.22. The minimum Gasteiger partial charge on any atom is -0.395 e. The third-order valence-corrected chi connectivity index (χ3v) is 3.43. The minimum absolute atomic E-state index is 0.104. The molecule has 0 radical (unpaired) electrons. The molecule has 8 heteroatoms. The zero-order valence-electron chi connectivity index (χ0n) is 12.1. The summed E-state index contributed by atoms with van der Waals surface area (Å²) >= 11 is 0. The van der Waals surface area contributed by atoms with Gasteiger partial charge in [0.1, 0.15) is 17.3 Å². The second kappa shape index (κ2) is 6.41. The molecule has 0 atom stereocenters. The highest BCUT2D eigenvalue weighted by Gasteiger charge is 2.26. The number of benzene rings is 1. The van der Waals surface area contributed by atoms with Gasteiger partial charge in [0.05, 0.1) is 12.3 Å². The van der Waals surface area contributed by atoms with Gasteiger partial charge in [-0.2, -0.15) is 4.98 Å². The summed E-state index contributed by atoms with van der Waals surface area (Å²) in [4.78, 5) is 8.39. The summed E-state index contributed by atoms with van der Waals surface area (Å²) in [6, 6.07) is 3.15. The SMILES string of the molecule is OCCNc1nc(Nc2c(F)ccc(F)c2F)cc(C2CC2)n1. The molecule has 1 heterocycles. The van der Waals surface area contributed by atoms with Crippen LogP contribution in [0.25, 0.3) is 0 Å². The third-order valence-electron chi connectivity index (χ3n) is 3.43. The van der Waals surface area contributed by atoms with Gasteiger partial charge in [0.25, 0.3) is 0 Å². The zero-order chi connectivity index (χ0) is 16.4. The molecule has 1 fully saturated rings. The summed E-state index contributed by atoms with van der Waals surface area (Å²) < 4.78 is 40.8. The maximum Gasteiger partial charge on any atom is 0.224 e. The zero-order valence-corrected chi connectivity index (χ0v) is 12.1. The normalized spacial score (nSPS) is 13.9. The van der Waals surface area contributed by atoms with Gasteiger partial charge in [0, 0.05) is 18.5 Å². The molecule has 0 unspecified atom stereocenters. The van der Waals surface area contributed by atoms with Crippen molar-refractivity contribution in [2.75, 3.05) is 23.8 Å². The Morgan fingerprint density at radius 3 is 2.57 bits per heavy atom. The standard InChI is InChI=1S/C15H15F3N4O/c16-9-3-4-10(17)14(13(9)18)21-12-7-11(8-1-2-8)20-15(22-12)19-5-6-23/h3-4,7-8,23H,1-2,5-6H2,(H2,19,20,21,22). The Hall–Kier alpha value is -2.35. The van der Waals surface area contributed by atoms with E-state index in [-0.39, 0.29) is 30.8 Å². The number of anilines is 3. The molecule has 3 rings (SSSR count). The number of rotatable bonds is 6. The summed E-state index contributed by atoms with van der Waals surface area (Å²) in [6.07, 6.45) is 1.97. The van der Waals surface area contributed by atoms with E-state index < -0.39 is 23.1 Å². The molecule has 0 aliphatic heterocycles. The maximum absolute atomic E-state index is 13.8. The predicted molar refractivity (Wildman–Crippen MR) is 79.2 cm³/mol. The van der Waals surface area contributed by atoms with Crippen LogP contribution in [0.5, 0.6) is 0 Å². The van der Waals surface area contributed by atoms with Gasteiger partial charge in [-0.25, -0.2) is 18.2 Å². The molecule has 1 saturated carbocycles. The lowest BCUT2D eigenvalue weighted by molar-refractivity contribution is 0.311. The Bertz CT molecular complexity index is 722. The summed E-state index contributed by atoms with van der Waals surface area (Å²) in [5.41, 5.74) is 0.138. The molecule has 0 bridgehead atoms. The van der Waals surface area contributed by atoms with Gasteiger partial charge in [-0.3, -0.25) is 0 Å². The van der Waals surface area contributed by atoms with E-state index >= 15 is 0 Å². The molecule has 0 saturated heterocycles. The van der Waals surface area contributed by atoms with Crippen LogP contribution in [0.4, 0.5) is 30.6 Å². The quantitative estimate of drug-likeness (QED) is 0.713. The highest BCUT2D eigenvalue weighted by Crippen LogP contribution is 2.40. The topological polar surface area (TPSA) is 70.1 Å². The maximum atomic E-state index is 13.8. The molecule has 5 nitrogen and oxygen atoms in total. The van der Waals surface area contributed by atoms with E-state index in [0.29, 0.717) is 0 Å². The molecule has 1 aromatic heterocycles. The van der Waals surface area contributed by atoms with Crippen molar-refractivity contribution in [3.8, 4) is 0 Å². The first-order valence-electron chi connectivity index (χ1n) is 7.22. The van der Waals surface area contributed by atoms with Crippen molar-refractivity contribution >= 4 is 17.5 Å². The molecule has 1 aliphatic carbocycles. The summed E-state index contributed by atoms with van der Waals surface area (Å²) in [5.74, 6) is -2.69. The van der Waals surface area contributed by atoms with Gasteiger partial charge in [0.2, 0.25) is 5.95 Å². The molecule has 23 heavy (non-hydrogen) atoms. The first kappa shape index (κ1) is 15.5. The minimum atomic E-state index is -1.30. The Kier molecular flexibility index (Phi) is 4.33. The fourth-order valence-corrected chi connectivity index (χ4v) is 2.13. The van der Waals surface area contributed by atoms with Crippen molar-refractivity contribution in [3.05, 3.63) is 41.3 Å². The molecule has 0 amide bonds. The Labute approximate surface area is 130 Å². The average Bonchev–Trinajstić information content (AvgIpc) is 3.38. The van der Waals surface area contributed by atoms with Gasteiger partial charge in [-0.1, -0.05) is 0 Å². The van der Waals surface area contributed by atoms with E-state index in [0.717, 1.165) is 30.7 Å². The van der Waals surface area contributed by atoms with Crippen molar-refractivity contribution in [2.24, 2.45) is 0 Å². The van der Waals surface area contributed by atoms with E-state index in [4.69, 9.17) is 5.11 Å². The molecular weight excluding hydrogens is 309 g/mol. The number of aromatic nitrogens is 2. The number of hydrogen-bond donors (Lipinski definition) is 3. The fraction of sp³-hybridized carbons (Fsp3) is 0.333. The van der Waals surface area contributed by atoms with Crippen LogP contribution in [-0.4, -0.2) is 28.2 Å². The van der Waals surface area contributed by atoms with Crippen LogP contribution in [0.3, 0.4) is 0 Å². The van der Waals surface area contributed by atoms with Crippen LogP contribution < -0.4 is 10.6 Å². The predicted octanol–water partition coefficient (Wildman–Crippen LogP) is 2.92. The second-order valence-corrected chi connectivity index (χ2v) is 5.27. The van der Waals surface area contributed by atoms with Crippen LogP contribution >= 0.6 is 0 Å². The largest absolute Gasteiger partial charge is 0.395 e. The molecule has 1 aromatic carbocycles. The smallest absolute Gasteiger partial charge is 0.224 e. The summed E-state index contributed by atoms with van der Waals surface area (Å²) in [7, 11) is 0. The van der Waals surface area contributed by atoms with E-state index in [1.807, 2.05) is 0 Å². The van der Waals surface area contributed by atoms with Crippen LogP contribution in [0, 0.1) is 17.5 Å². The van der Waals surface area contributed by atoms with Gasteiger partial charge >= 0.3 is 0 Å². The highest BCUT2D eigenvalue weighted by molar-refractivity contribution is 5.59. The van der Waals surface area contributed by atoms with E-state index in [2.05, 4.69) is 20.6 Å². The van der Waals surface area contributed by atoms with Crippen molar-refractivity contribution in [2.45, 2.75) is 18.8 Å². The lowest BCUT2D eigenvalue weighted by Gasteiger charge is -2.12. The third kappa shape index (κ3) is 3.53. The fourth-order valence-electron chi connectivity index (χ4n) is 2.13.